The molecule has 6 rings (SSSR count). The predicted molar refractivity (Wildman–Crippen MR) is 141 cm³/mol. The number of pyridine rings is 1. The summed E-state index contributed by atoms with van der Waals surface area (Å²) >= 11 is 11.1. The first-order valence-corrected chi connectivity index (χ1v) is 12.5. The first kappa shape index (κ1) is 20.5. The Bertz CT molecular complexity index is 1410. The topological polar surface area (TPSA) is 46.0 Å². The fourth-order valence-electron chi connectivity index (χ4n) is 4.31. The number of hydrogen-bond acceptors (Lipinski definition) is 4. The first-order chi connectivity index (χ1) is 16.2. The summed E-state index contributed by atoms with van der Waals surface area (Å²) in [4.78, 5) is 11.7. The molecule has 4 heterocycles. The molecule has 0 amide bonds. The van der Waals surface area contributed by atoms with Crippen LogP contribution in [-0.4, -0.2) is 19.6 Å². The van der Waals surface area contributed by atoms with Crippen molar-refractivity contribution in [2.45, 2.75) is 12.1 Å². The lowest BCUT2D eigenvalue weighted by molar-refractivity contribution is 0.549. The molecule has 1 fully saturated rings. The van der Waals surface area contributed by atoms with E-state index >= 15 is 0 Å². The Morgan fingerprint density at radius 3 is 2.55 bits per heavy atom. The molecule has 0 spiro atoms. The molecule has 33 heavy (non-hydrogen) atoms. The molecule has 3 aromatic heterocycles. The monoisotopic (exact) mass is 531 g/mol. The average Bonchev–Trinajstić information content (AvgIpc) is 3.56. The molecule has 2 aromatic carbocycles. The van der Waals surface area contributed by atoms with E-state index in [4.69, 9.17) is 17.2 Å². The Morgan fingerprint density at radius 2 is 1.76 bits per heavy atom. The Hall–Kier alpha value is -3.07. The second kappa shape index (κ2) is 8.37. The van der Waals surface area contributed by atoms with E-state index < -0.39 is 0 Å². The molecule has 5 aromatic rings. The third-order valence-electron chi connectivity index (χ3n) is 5.77. The number of thiazole rings is 1. The Kier molecular flexibility index (Phi) is 5.21. The lowest BCUT2D eigenvalue weighted by Gasteiger charge is -2.28. The summed E-state index contributed by atoms with van der Waals surface area (Å²) in [5.41, 5.74) is 4.07. The van der Waals surface area contributed by atoms with E-state index in [1.165, 1.54) is 4.70 Å². The van der Waals surface area contributed by atoms with Crippen molar-refractivity contribution in [3.63, 3.8) is 0 Å². The second-order valence-corrected chi connectivity index (χ2v) is 10.1. The van der Waals surface area contributed by atoms with Gasteiger partial charge in [0.25, 0.3) is 0 Å². The fourth-order valence-corrected chi connectivity index (χ4v) is 5.89. The van der Waals surface area contributed by atoms with Crippen LogP contribution in [0, 0.1) is 0 Å². The summed E-state index contributed by atoms with van der Waals surface area (Å²) in [6.07, 6.45) is 3.90. The minimum Gasteiger partial charge on any atom is -0.351 e. The van der Waals surface area contributed by atoms with Crippen LogP contribution in [-0.2, 0) is 0 Å². The van der Waals surface area contributed by atoms with Crippen LogP contribution in [0.4, 0.5) is 5.69 Å². The molecule has 1 aliphatic heterocycles. The van der Waals surface area contributed by atoms with Gasteiger partial charge in [0.15, 0.2) is 10.2 Å². The van der Waals surface area contributed by atoms with Gasteiger partial charge >= 0.3 is 0 Å². The van der Waals surface area contributed by atoms with Gasteiger partial charge in [-0.3, -0.25) is 9.55 Å². The van der Waals surface area contributed by atoms with E-state index in [-0.39, 0.29) is 12.1 Å². The number of benzene rings is 2. The van der Waals surface area contributed by atoms with Crippen molar-refractivity contribution >= 4 is 60.5 Å². The third kappa shape index (κ3) is 3.64. The van der Waals surface area contributed by atoms with Gasteiger partial charge in [-0.2, -0.15) is 0 Å². The molecule has 0 saturated carbocycles. The van der Waals surface area contributed by atoms with Crippen LogP contribution in [0.25, 0.3) is 15.3 Å². The number of aromatic nitrogens is 3. The lowest BCUT2D eigenvalue weighted by Crippen LogP contribution is -2.30. The van der Waals surface area contributed by atoms with Crippen molar-refractivity contribution in [1.29, 1.82) is 0 Å². The predicted octanol–water partition coefficient (Wildman–Crippen LogP) is 6.42. The molecule has 0 bridgehead atoms. The van der Waals surface area contributed by atoms with Crippen molar-refractivity contribution < 1.29 is 0 Å². The number of rotatable bonds is 4. The number of nitrogens with zero attached hydrogens (tertiary/aromatic N) is 4. The Labute approximate surface area is 208 Å². The van der Waals surface area contributed by atoms with Crippen LogP contribution in [0.15, 0.2) is 95.7 Å². The summed E-state index contributed by atoms with van der Waals surface area (Å²) in [5, 5.41) is 5.14. The van der Waals surface area contributed by atoms with Crippen molar-refractivity contribution in [3.05, 3.63) is 107 Å². The zero-order chi connectivity index (χ0) is 22.4. The van der Waals surface area contributed by atoms with Crippen molar-refractivity contribution in [1.82, 2.24) is 19.9 Å². The van der Waals surface area contributed by atoms with Crippen molar-refractivity contribution in [2.75, 3.05) is 4.90 Å². The number of fused-ring (bicyclic) bond motifs is 1. The number of anilines is 1. The quantitative estimate of drug-likeness (QED) is 0.271. The second-order valence-electron chi connectivity index (χ2n) is 7.74. The Morgan fingerprint density at radius 1 is 0.939 bits per heavy atom. The van der Waals surface area contributed by atoms with E-state index in [1.54, 1.807) is 11.3 Å². The number of nitrogens with one attached hydrogen (secondary N) is 1. The van der Waals surface area contributed by atoms with Crippen LogP contribution < -0.4 is 10.2 Å². The summed E-state index contributed by atoms with van der Waals surface area (Å²) in [7, 11) is 0. The van der Waals surface area contributed by atoms with Crippen LogP contribution in [0.2, 0.25) is 0 Å². The van der Waals surface area contributed by atoms with Crippen molar-refractivity contribution in [3.8, 4) is 5.13 Å². The molecule has 1 N–H and O–H groups in total. The molecular formula is C25H18BrN5S2. The largest absolute Gasteiger partial charge is 0.351 e. The highest BCUT2D eigenvalue weighted by atomic mass is 79.9. The van der Waals surface area contributed by atoms with Crippen LogP contribution in [0.3, 0.4) is 0 Å². The maximum atomic E-state index is 5.85. The zero-order valence-electron chi connectivity index (χ0n) is 17.3. The van der Waals surface area contributed by atoms with Gasteiger partial charge in [-0.15, -0.1) is 0 Å². The zero-order valence-corrected chi connectivity index (χ0v) is 20.5. The highest BCUT2D eigenvalue weighted by molar-refractivity contribution is 9.10. The van der Waals surface area contributed by atoms with Crippen molar-refractivity contribution in [2.24, 2.45) is 0 Å². The molecule has 2 atom stereocenters. The molecular weight excluding hydrogens is 514 g/mol. The fraction of sp³-hybridized carbons (Fsp3) is 0.0800. The molecule has 5 nitrogen and oxygen atoms in total. The third-order valence-corrected chi connectivity index (χ3v) is 7.65. The van der Waals surface area contributed by atoms with Gasteiger partial charge in [-0.25, -0.2) is 4.98 Å². The van der Waals surface area contributed by atoms with Gasteiger partial charge in [-0.1, -0.05) is 45.5 Å². The number of halogens is 1. The summed E-state index contributed by atoms with van der Waals surface area (Å²) in [5.74, 6) is 0. The maximum absolute atomic E-state index is 5.85. The summed E-state index contributed by atoms with van der Waals surface area (Å²) in [6, 6.07) is 26.5. The number of para-hydroxylation sites is 1. The highest BCUT2D eigenvalue weighted by Gasteiger charge is 2.42. The van der Waals surface area contributed by atoms with Gasteiger partial charge in [0.05, 0.1) is 27.6 Å². The summed E-state index contributed by atoms with van der Waals surface area (Å²) in [6.45, 7) is 0. The molecule has 8 heteroatoms. The van der Waals surface area contributed by atoms with Crippen LogP contribution in [0.5, 0.6) is 0 Å². The van der Waals surface area contributed by atoms with Gasteiger partial charge in [0.2, 0.25) is 0 Å². The van der Waals surface area contributed by atoms with Gasteiger partial charge < -0.3 is 10.2 Å². The standard InChI is InChI=1S/C25H18BrN5S2/c26-16-10-12-17(13-11-16)31-23(22(29-24(31)32)19-7-3-4-14-27-19)20-8-5-15-30(20)25-28-18-6-1-2-9-21(18)33-25/h1-15,22-23H,(H,29,32)/t22-,23+/m0/s1. The molecule has 1 aliphatic rings. The number of hydrogen-bond donors (Lipinski definition) is 1. The maximum Gasteiger partial charge on any atom is 0.194 e. The Balaban J connectivity index is 1.51. The van der Waals surface area contributed by atoms with Crippen LogP contribution >= 0.6 is 39.5 Å². The highest BCUT2D eigenvalue weighted by Crippen LogP contribution is 2.42. The minimum atomic E-state index is -0.106. The first-order valence-electron chi connectivity index (χ1n) is 10.5. The van der Waals surface area contributed by atoms with E-state index in [0.29, 0.717) is 5.11 Å². The van der Waals surface area contributed by atoms with E-state index in [1.807, 2.05) is 48.7 Å². The lowest BCUT2D eigenvalue weighted by atomic mass is 10.0. The van der Waals surface area contributed by atoms with E-state index in [0.717, 1.165) is 32.2 Å². The van der Waals surface area contributed by atoms with Gasteiger partial charge in [0, 0.05) is 22.6 Å². The van der Waals surface area contributed by atoms with Gasteiger partial charge in [-0.05, 0) is 72.9 Å². The van der Waals surface area contributed by atoms with E-state index in [9.17, 15) is 0 Å². The summed E-state index contributed by atoms with van der Waals surface area (Å²) < 4.78 is 4.37. The normalized spacial score (nSPS) is 18.1. The SMILES string of the molecule is S=C1N[C@@H](c2ccccn2)[C@@H](c2cccn2-c2nc3ccccc3s2)N1c1ccc(Br)cc1. The molecule has 0 unspecified atom stereocenters. The van der Waals surface area contributed by atoms with E-state index in [2.05, 4.69) is 78.3 Å². The van der Waals surface area contributed by atoms with Crippen LogP contribution in [0.1, 0.15) is 23.5 Å². The molecule has 0 aliphatic carbocycles. The molecule has 1 saturated heterocycles. The number of thiocarbonyl (C=S) groups is 1. The molecule has 0 radical (unpaired) electrons. The molecule has 162 valence electrons. The smallest absolute Gasteiger partial charge is 0.194 e. The average molecular weight is 532 g/mol. The van der Waals surface area contributed by atoms with Gasteiger partial charge in [0.1, 0.15) is 6.04 Å². The minimum absolute atomic E-state index is 0.101.